The molecule has 76 valence electrons. The highest BCUT2D eigenvalue weighted by molar-refractivity contribution is 7.08. The Morgan fingerprint density at radius 2 is 2.57 bits per heavy atom. The highest BCUT2D eigenvalue weighted by Gasteiger charge is 2.17. The van der Waals surface area contributed by atoms with Crippen LogP contribution in [0.2, 0.25) is 0 Å². The van der Waals surface area contributed by atoms with E-state index in [4.69, 9.17) is 0 Å². The Labute approximate surface area is 88.3 Å². The number of carbonyl (C=O) groups excluding carboxylic acids is 1. The summed E-state index contributed by atoms with van der Waals surface area (Å²) in [6.45, 7) is 2.12. The van der Waals surface area contributed by atoms with Crippen LogP contribution in [0.5, 0.6) is 0 Å². The lowest BCUT2D eigenvalue weighted by atomic mass is 9.93. The zero-order valence-electron chi connectivity index (χ0n) is 8.16. The van der Waals surface area contributed by atoms with Gasteiger partial charge < -0.3 is 5.32 Å². The van der Waals surface area contributed by atoms with Gasteiger partial charge in [-0.15, -0.1) is 0 Å². The van der Waals surface area contributed by atoms with E-state index in [9.17, 15) is 4.79 Å². The van der Waals surface area contributed by atoms with E-state index < -0.39 is 0 Å². The van der Waals surface area contributed by atoms with Crippen LogP contribution >= 0.6 is 11.3 Å². The second kappa shape index (κ2) is 4.71. The van der Waals surface area contributed by atoms with Gasteiger partial charge in [-0.1, -0.05) is 0 Å². The molecule has 2 rings (SSSR count). The van der Waals surface area contributed by atoms with Crippen molar-refractivity contribution in [2.24, 2.45) is 5.92 Å². The monoisotopic (exact) mass is 209 g/mol. The minimum absolute atomic E-state index is 0.306. The van der Waals surface area contributed by atoms with E-state index in [-0.39, 0.29) is 0 Å². The molecule has 0 bridgehead atoms. The minimum atomic E-state index is 0.306. The van der Waals surface area contributed by atoms with Crippen LogP contribution in [0.3, 0.4) is 0 Å². The first-order valence-corrected chi connectivity index (χ1v) is 6.06. The first-order chi connectivity index (χ1) is 6.86. The van der Waals surface area contributed by atoms with Gasteiger partial charge in [-0.2, -0.15) is 11.3 Å². The number of rotatable bonds is 3. The molecule has 14 heavy (non-hydrogen) atoms. The molecule has 2 nitrogen and oxygen atoms in total. The SMILES string of the molecule is O=C(CC1CCCNC1)c1ccsc1. The van der Waals surface area contributed by atoms with Crippen LogP contribution in [-0.2, 0) is 0 Å². The normalized spacial score (nSPS) is 22.1. The van der Waals surface area contributed by atoms with Crippen molar-refractivity contribution in [1.82, 2.24) is 5.32 Å². The molecular weight excluding hydrogens is 194 g/mol. The summed E-state index contributed by atoms with van der Waals surface area (Å²) in [5.74, 6) is 0.858. The van der Waals surface area contributed by atoms with Crippen LogP contribution in [0.4, 0.5) is 0 Å². The van der Waals surface area contributed by atoms with E-state index in [1.54, 1.807) is 11.3 Å². The molecule has 0 radical (unpaired) electrons. The molecule has 1 atom stereocenters. The third-order valence-electron chi connectivity index (χ3n) is 2.72. The molecule has 1 saturated heterocycles. The van der Waals surface area contributed by atoms with Crippen molar-refractivity contribution in [1.29, 1.82) is 0 Å². The third kappa shape index (κ3) is 2.42. The molecule has 0 aromatic carbocycles. The molecule has 0 saturated carbocycles. The van der Waals surface area contributed by atoms with Gasteiger partial charge in [0.25, 0.3) is 0 Å². The number of Topliss-reactive ketones (excluding diaryl/α,β-unsaturated/α-hetero) is 1. The standard InChI is InChI=1S/C11H15NOS/c13-11(10-3-5-14-8-10)6-9-2-1-4-12-7-9/h3,5,8-9,12H,1-2,4,6-7H2. The molecule has 1 aliphatic heterocycles. The summed E-state index contributed by atoms with van der Waals surface area (Å²) in [6.07, 6.45) is 3.12. The average molecular weight is 209 g/mol. The number of carbonyl (C=O) groups is 1. The molecule has 0 amide bonds. The third-order valence-corrected chi connectivity index (χ3v) is 3.40. The lowest BCUT2D eigenvalue weighted by molar-refractivity contribution is 0.0954. The Morgan fingerprint density at radius 1 is 1.64 bits per heavy atom. The molecular formula is C11H15NOS. The molecule has 1 N–H and O–H groups in total. The number of piperidine rings is 1. The summed E-state index contributed by atoms with van der Waals surface area (Å²) >= 11 is 1.59. The van der Waals surface area contributed by atoms with Gasteiger partial charge in [-0.25, -0.2) is 0 Å². The van der Waals surface area contributed by atoms with E-state index in [0.717, 1.165) is 18.7 Å². The highest BCUT2D eigenvalue weighted by Crippen LogP contribution is 2.18. The second-order valence-corrected chi connectivity index (χ2v) is 4.63. The molecule has 1 unspecified atom stereocenters. The molecule has 2 heterocycles. The summed E-state index contributed by atoms with van der Waals surface area (Å²) < 4.78 is 0. The maximum absolute atomic E-state index is 11.8. The Kier molecular flexibility index (Phi) is 3.32. The van der Waals surface area contributed by atoms with Gasteiger partial charge in [0.1, 0.15) is 0 Å². The lowest BCUT2D eigenvalue weighted by Gasteiger charge is -2.21. The zero-order valence-corrected chi connectivity index (χ0v) is 8.98. The van der Waals surface area contributed by atoms with Crippen molar-refractivity contribution in [3.8, 4) is 0 Å². The quantitative estimate of drug-likeness (QED) is 0.774. The van der Waals surface area contributed by atoms with Gasteiger partial charge in [-0.3, -0.25) is 4.79 Å². The smallest absolute Gasteiger partial charge is 0.164 e. The van der Waals surface area contributed by atoms with Gasteiger partial charge in [0, 0.05) is 17.4 Å². The summed E-state index contributed by atoms with van der Waals surface area (Å²) in [7, 11) is 0. The van der Waals surface area contributed by atoms with Crippen LogP contribution in [0.25, 0.3) is 0 Å². The summed E-state index contributed by atoms with van der Waals surface area (Å²) in [5.41, 5.74) is 0.889. The van der Waals surface area contributed by atoms with Gasteiger partial charge in [0.05, 0.1) is 0 Å². The van der Waals surface area contributed by atoms with E-state index in [1.807, 2.05) is 16.8 Å². The van der Waals surface area contributed by atoms with Crippen molar-refractivity contribution in [2.45, 2.75) is 19.3 Å². The molecule has 1 aromatic rings. The van der Waals surface area contributed by atoms with Gasteiger partial charge in [0.2, 0.25) is 0 Å². The number of ketones is 1. The molecule has 1 aliphatic rings. The van der Waals surface area contributed by atoms with Crippen LogP contribution < -0.4 is 5.32 Å². The topological polar surface area (TPSA) is 29.1 Å². The van der Waals surface area contributed by atoms with Crippen molar-refractivity contribution in [2.75, 3.05) is 13.1 Å². The highest BCUT2D eigenvalue weighted by atomic mass is 32.1. The van der Waals surface area contributed by atoms with E-state index in [2.05, 4.69) is 5.32 Å². The molecule has 3 heteroatoms. The lowest BCUT2D eigenvalue weighted by Crippen LogP contribution is -2.31. The predicted octanol–water partition coefficient (Wildman–Crippen LogP) is 2.32. The number of hydrogen-bond acceptors (Lipinski definition) is 3. The van der Waals surface area contributed by atoms with Gasteiger partial charge >= 0.3 is 0 Å². The van der Waals surface area contributed by atoms with Gasteiger partial charge in [-0.05, 0) is 43.3 Å². The Hall–Kier alpha value is -0.670. The Balaban J connectivity index is 1.87. The first kappa shape index (κ1) is 9.87. The Bertz CT molecular complexity index is 288. The molecule has 0 aliphatic carbocycles. The molecule has 1 fully saturated rings. The minimum Gasteiger partial charge on any atom is -0.316 e. The van der Waals surface area contributed by atoms with Gasteiger partial charge in [0.15, 0.2) is 5.78 Å². The molecule has 0 spiro atoms. The fraction of sp³-hybridized carbons (Fsp3) is 0.545. The summed E-state index contributed by atoms with van der Waals surface area (Å²) in [6, 6.07) is 1.92. The van der Waals surface area contributed by atoms with Crippen molar-refractivity contribution >= 4 is 17.1 Å². The predicted molar refractivity (Wildman–Crippen MR) is 58.9 cm³/mol. The van der Waals surface area contributed by atoms with Crippen LogP contribution in [0.15, 0.2) is 16.8 Å². The maximum Gasteiger partial charge on any atom is 0.164 e. The van der Waals surface area contributed by atoms with E-state index in [1.165, 1.54) is 12.8 Å². The number of hydrogen-bond donors (Lipinski definition) is 1. The first-order valence-electron chi connectivity index (χ1n) is 5.12. The van der Waals surface area contributed by atoms with Crippen molar-refractivity contribution < 1.29 is 4.79 Å². The van der Waals surface area contributed by atoms with Crippen LogP contribution in [-0.4, -0.2) is 18.9 Å². The fourth-order valence-electron chi connectivity index (χ4n) is 1.90. The summed E-state index contributed by atoms with van der Waals surface area (Å²) in [4.78, 5) is 11.8. The van der Waals surface area contributed by atoms with Crippen LogP contribution in [0.1, 0.15) is 29.6 Å². The maximum atomic E-state index is 11.8. The zero-order chi connectivity index (χ0) is 9.80. The Morgan fingerprint density at radius 3 is 3.21 bits per heavy atom. The van der Waals surface area contributed by atoms with E-state index >= 15 is 0 Å². The summed E-state index contributed by atoms with van der Waals surface area (Å²) in [5, 5.41) is 7.24. The van der Waals surface area contributed by atoms with Crippen molar-refractivity contribution in [3.05, 3.63) is 22.4 Å². The molecule has 1 aromatic heterocycles. The number of thiophene rings is 1. The number of nitrogens with one attached hydrogen (secondary N) is 1. The fourth-order valence-corrected chi connectivity index (χ4v) is 2.56. The largest absolute Gasteiger partial charge is 0.316 e. The van der Waals surface area contributed by atoms with Crippen molar-refractivity contribution in [3.63, 3.8) is 0 Å². The van der Waals surface area contributed by atoms with E-state index in [0.29, 0.717) is 18.1 Å². The van der Waals surface area contributed by atoms with Crippen LogP contribution in [0, 0.1) is 5.92 Å². The average Bonchev–Trinajstić information content (AvgIpc) is 2.72. The second-order valence-electron chi connectivity index (χ2n) is 3.85.